The first kappa shape index (κ1) is 15.1. The van der Waals surface area contributed by atoms with E-state index in [1.807, 2.05) is 42.5 Å². The Morgan fingerprint density at radius 2 is 2.09 bits per heavy atom. The van der Waals surface area contributed by atoms with Crippen molar-refractivity contribution in [3.63, 3.8) is 0 Å². The molecule has 1 unspecified atom stereocenters. The molecule has 0 saturated carbocycles. The number of ether oxygens (including phenoxy) is 1. The highest BCUT2D eigenvalue weighted by Crippen LogP contribution is 2.17. The second-order valence-electron chi connectivity index (χ2n) is 5.39. The molecular formula is C17H20N2O2S. The molecule has 1 N–H and O–H groups in total. The summed E-state index contributed by atoms with van der Waals surface area (Å²) in [5.74, 6) is 0.898. The third-order valence-corrected chi connectivity index (χ3v) is 4.05. The predicted molar refractivity (Wildman–Crippen MR) is 90.8 cm³/mol. The minimum atomic E-state index is 0.241. The lowest BCUT2D eigenvalue weighted by Gasteiger charge is -2.27. The molecule has 2 heterocycles. The highest BCUT2D eigenvalue weighted by atomic mass is 32.1. The molecule has 0 spiro atoms. The Labute approximate surface area is 136 Å². The minimum absolute atomic E-state index is 0.241. The van der Waals surface area contributed by atoms with Crippen molar-refractivity contribution in [1.82, 2.24) is 4.90 Å². The van der Waals surface area contributed by atoms with Crippen molar-refractivity contribution in [2.24, 2.45) is 0 Å². The third-order valence-electron chi connectivity index (χ3n) is 3.69. The van der Waals surface area contributed by atoms with Crippen molar-refractivity contribution in [3.05, 3.63) is 54.5 Å². The lowest BCUT2D eigenvalue weighted by molar-refractivity contribution is 0.0892. The van der Waals surface area contributed by atoms with Crippen molar-refractivity contribution in [3.8, 4) is 0 Å². The van der Waals surface area contributed by atoms with E-state index in [2.05, 4.69) is 10.2 Å². The number of thiocarbonyl (C=S) groups is 1. The number of rotatable bonds is 5. The molecular weight excluding hydrogens is 296 g/mol. The molecule has 1 aliphatic heterocycles. The molecule has 0 bridgehead atoms. The average molecular weight is 316 g/mol. The summed E-state index contributed by atoms with van der Waals surface area (Å²) in [7, 11) is 0. The van der Waals surface area contributed by atoms with E-state index in [4.69, 9.17) is 21.4 Å². The topological polar surface area (TPSA) is 37.6 Å². The van der Waals surface area contributed by atoms with Gasteiger partial charge in [0.25, 0.3) is 0 Å². The van der Waals surface area contributed by atoms with Crippen molar-refractivity contribution in [2.45, 2.75) is 25.5 Å². The molecule has 1 aromatic carbocycles. The molecule has 116 valence electrons. The van der Waals surface area contributed by atoms with E-state index in [0.717, 1.165) is 37.4 Å². The summed E-state index contributed by atoms with van der Waals surface area (Å²) in [5, 5.41) is 3.98. The van der Waals surface area contributed by atoms with Crippen molar-refractivity contribution in [1.29, 1.82) is 0 Å². The fourth-order valence-electron chi connectivity index (χ4n) is 2.57. The van der Waals surface area contributed by atoms with E-state index >= 15 is 0 Å². The molecule has 2 aromatic rings. The Hall–Kier alpha value is -1.85. The van der Waals surface area contributed by atoms with Gasteiger partial charge in [-0.05, 0) is 49.3 Å². The van der Waals surface area contributed by atoms with Gasteiger partial charge in [0.05, 0.1) is 18.9 Å². The van der Waals surface area contributed by atoms with Gasteiger partial charge >= 0.3 is 0 Å². The number of benzene rings is 1. The number of anilines is 1. The number of hydrogen-bond donors (Lipinski definition) is 1. The lowest BCUT2D eigenvalue weighted by atomic mass is 10.2. The van der Waals surface area contributed by atoms with E-state index in [-0.39, 0.29) is 6.10 Å². The van der Waals surface area contributed by atoms with Crippen LogP contribution in [0.25, 0.3) is 0 Å². The van der Waals surface area contributed by atoms with E-state index in [9.17, 15) is 0 Å². The van der Waals surface area contributed by atoms with Crippen LogP contribution in [0.3, 0.4) is 0 Å². The Kier molecular flexibility index (Phi) is 5.08. The Bertz CT molecular complexity index is 580. The number of nitrogens with one attached hydrogen (secondary N) is 1. The smallest absolute Gasteiger partial charge is 0.173 e. The molecule has 22 heavy (non-hydrogen) atoms. The van der Waals surface area contributed by atoms with Gasteiger partial charge in [-0.3, -0.25) is 0 Å². The minimum Gasteiger partial charge on any atom is -0.467 e. The van der Waals surface area contributed by atoms with Gasteiger partial charge in [-0.25, -0.2) is 0 Å². The SMILES string of the molecule is S=C(Nc1ccccc1)N(Cc1ccco1)CC1CCCO1. The second kappa shape index (κ2) is 7.42. The molecule has 1 aromatic heterocycles. The monoisotopic (exact) mass is 316 g/mol. The molecule has 3 rings (SSSR count). The normalized spacial score (nSPS) is 17.4. The Morgan fingerprint density at radius 1 is 1.23 bits per heavy atom. The molecule has 4 nitrogen and oxygen atoms in total. The van der Waals surface area contributed by atoms with Crippen LogP contribution in [0.4, 0.5) is 5.69 Å². The van der Waals surface area contributed by atoms with Gasteiger partial charge in [-0.15, -0.1) is 0 Å². The number of furan rings is 1. The van der Waals surface area contributed by atoms with Gasteiger partial charge in [0, 0.05) is 18.8 Å². The molecule has 5 heteroatoms. The summed E-state index contributed by atoms with van der Waals surface area (Å²) in [5.41, 5.74) is 0.990. The fourth-order valence-corrected chi connectivity index (χ4v) is 2.83. The maximum atomic E-state index is 5.74. The van der Waals surface area contributed by atoms with Crippen molar-refractivity contribution >= 4 is 23.0 Å². The molecule has 0 radical (unpaired) electrons. The lowest BCUT2D eigenvalue weighted by Crippen LogP contribution is -2.39. The zero-order valence-electron chi connectivity index (χ0n) is 12.4. The summed E-state index contributed by atoms with van der Waals surface area (Å²) in [6.45, 7) is 2.27. The van der Waals surface area contributed by atoms with E-state index in [0.29, 0.717) is 11.7 Å². The zero-order chi connectivity index (χ0) is 15.2. The number of hydrogen-bond acceptors (Lipinski definition) is 3. The van der Waals surface area contributed by atoms with Gasteiger partial charge in [0.2, 0.25) is 0 Å². The third kappa shape index (κ3) is 4.08. The summed E-state index contributed by atoms with van der Waals surface area (Å²) in [6.07, 6.45) is 4.14. The van der Waals surface area contributed by atoms with Gasteiger partial charge in [-0.2, -0.15) is 0 Å². The summed E-state index contributed by atoms with van der Waals surface area (Å²) in [6, 6.07) is 13.8. The average Bonchev–Trinajstić information content (AvgIpc) is 3.21. The van der Waals surface area contributed by atoms with Crippen molar-refractivity contribution in [2.75, 3.05) is 18.5 Å². The van der Waals surface area contributed by atoms with Gasteiger partial charge in [0.1, 0.15) is 5.76 Å². The predicted octanol–water partition coefficient (Wildman–Crippen LogP) is 3.66. The van der Waals surface area contributed by atoms with Gasteiger partial charge < -0.3 is 19.4 Å². The number of para-hydroxylation sites is 1. The van der Waals surface area contributed by atoms with E-state index < -0.39 is 0 Å². The largest absolute Gasteiger partial charge is 0.467 e. The first-order chi connectivity index (χ1) is 10.8. The molecule has 0 amide bonds. The van der Waals surface area contributed by atoms with Crippen LogP contribution in [-0.4, -0.2) is 29.3 Å². The highest BCUT2D eigenvalue weighted by molar-refractivity contribution is 7.80. The summed E-state index contributed by atoms with van der Waals surface area (Å²) in [4.78, 5) is 2.11. The van der Waals surface area contributed by atoms with Crippen LogP contribution in [0.5, 0.6) is 0 Å². The fraction of sp³-hybridized carbons (Fsp3) is 0.353. The maximum Gasteiger partial charge on any atom is 0.173 e. The van der Waals surface area contributed by atoms with E-state index in [1.54, 1.807) is 6.26 Å². The van der Waals surface area contributed by atoms with Crippen LogP contribution < -0.4 is 5.32 Å². The van der Waals surface area contributed by atoms with Crippen LogP contribution >= 0.6 is 12.2 Å². The number of nitrogens with zero attached hydrogens (tertiary/aromatic N) is 1. The quantitative estimate of drug-likeness (QED) is 0.852. The van der Waals surface area contributed by atoms with Gasteiger partial charge in [0.15, 0.2) is 5.11 Å². The van der Waals surface area contributed by atoms with Crippen LogP contribution in [0.1, 0.15) is 18.6 Å². The maximum absolute atomic E-state index is 5.74. The van der Waals surface area contributed by atoms with Crippen LogP contribution in [0.2, 0.25) is 0 Å². The molecule has 1 saturated heterocycles. The second-order valence-corrected chi connectivity index (χ2v) is 5.78. The highest BCUT2D eigenvalue weighted by Gasteiger charge is 2.21. The summed E-state index contributed by atoms with van der Waals surface area (Å²) < 4.78 is 11.2. The Morgan fingerprint density at radius 3 is 2.77 bits per heavy atom. The molecule has 0 aliphatic carbocycles. The molecule has 1 atom stereocenters. The van der Waals surface area contributed by atoms with Crippen LogP contribution in [0.15, 0.2) is 53.1 Å². The van der Waals surface area contributed by atoms with Gasteiger partial charge in [-0.1, -0.05) is 18.2 Å². The first-order valence-corrected chi connectivity index (χ1v) is 7.97. The van der Waals surface area contributed by atoms with E-state index in [1.165, 1.54) is 0 Å². The first-order valence-electron chi connectivity index (χ1n) is 7.56. The Balaban J connectivity index is 1.67. The van der Waals surface area contributed by atoms with Crippen LogP contribution in [-0.2, 0) is 11.3 Å². The zero-order valence-corrected chi connectivity index (χ0v) is 13.2. The van der Waals surface area contributed by atoms with Crippen molar-refractivity contribution < 1.29 is 9.15 Å². The molecule has 1 fully saturated rings. The van der Waals surface area contributed by atoms with Crippen LogP contribution in [0, 0.1) is 0 Å². The standard InChI is InChI=1S/C17H20N2O2S/c22-17(18-14-6-2-1-3-7-14)19(12-15-8-4-10-20-15)13-16-9-5-11-21-16/h1-4,6-8,10,16H,5,9,11-13H2,(H,18,22). The summed E-state index contributed by atoms with van der Waals surface area (Å²) >= 11 is 5.58. The molecule has 1 aliphatic rings.